The van der Waals surface area contributed by atoms with Crippen LogP contribution in [0.25, 0.3) is 0 Å². The molecular formula is C15H26N2O. The molecule has 3 nitrogen and oxygen atoms in total. The van der Waals surface area contributed by atoms with E-state index in [4.69, 9.17) is 5.11 Å². The molecule has 1 aromatic carbocycles. The third kappa shape index (κ3) is 8.23. The number of benzene rings is 1. The van der Waals surface area contributed by atoms with Crippen molar-refractivity contribution in [2.24, 2.45) is 0 Å². The van der Waals surface area contributed by atoms with Crippen LogP contribution in [0, 0.1) is 0 Å². The van der Waals surface area contributed by atoms with Crippen LogP contribution in [0.15, 0.2) is 30.3 Å². The Morgan fingerprint density at radius 2 is 1.44 bits per heavy atom. The zero-order valence-corrected chi connectivity index (χ0v) is 11.2. The van der Waals surface area contributed by atoms with Gasteiger partial charge in [0.25, 0.3) is 0 Å². The van der Waals surface area contributed by atoms with Gasteiger partial charge in [-0.05, 0) is 31.5 Å². The van der Waals surface area contributed by atoms with Gasteiger partial charge in [0.05, 0.1) is 6.61 Å². The molecule has 0 fully saturated rings. The first-order chi connectivity index (χ1) is 8.93. The van der Waals surface area contributed by atoms with Crippen molar-refractivity contribution in [2.45, 2.75) is 32.2 Å². The summed E-state index contributed by atoms with van der Waals surface area (Å²) in [6.07, 6.45) is 5.00. The summed E-state index contributed by atoms with van der Waals surface area (Å²) in [5.74, 6) is 0. The highest BCUT2D eigenvalue weighted by Gasteiger charge is 1.92. The molecule has 0 spiro atoms. The van der Waals surface area contributed by atoms with Crippen molar-refractivity contribution in [1.29, 1.82) is 0 Å². The highest BCUT2D eigenvalue weighted by atomic mass is 16.3. The fraction of sp³-hybridized carbons (Fsp3) is 0.600. The molecule has 1 rings (SSSR count). The Morgan fingerprint density at radius 3 is 2.11 bits per heavy atom. The molecule has 3 heteroatoms. The molecule has 0 bridgehead atoms. The second kappa shape index (κ2) is 11.2. The minimum absolute atomic E-state index is 0.239. The van der Waals surface area contributed by atoms with Crippen molar-refractivity contribution >= 4 is 0 Å². The molecule has 0 aliphatic heterocycles. The van der Waals surface area contributed by atoms with Crippen molar-refractivity contribution in [3.05, 3.63) is 35.9 Å². The Bertz CT molecular complexity index is 277. The lowest BCUT2D eigenvalue weighted by molar-refractivity contribution is 0.292. The van der Waals surface area contributed by atoms with Gasteiger partial charge < -0.3 is 15.7 Å². The van der Waals surface area contributed by atoms with Crippen LogP contribution in [0.3, 0.4) is 0 Å². The summed E-state index contributed by atoms with van der Waals surface area (Å²) in [4.78, 5) is 0. The van der Waals surface area contributed by atoms with Crippen LogP contribution in [-0.2, 0) is 6.54 Å². The van der Waals surface area contributed by atoms with Crippen LogP contribution in [-0.4, -0.2) is 31.3 Å². The van der Waals surface area contributed by atoms with E-state index < -0.39 is 0 Å². The summed E-state index contributed by atoms with van der Waals surface area (Å²) in [6, 6.07) is 10.5. The molecule has 0 amide bonds. The van der Waals surface area contributed by atoms with Gasteiger partial charge >= 0.3 is 0 Å². The fourth-order valence-electron chi connectivity index (χ4n) is 1.89. The van der Waals surface area contributed by atoms with Crippen molar-refractivity contribution in [3.8, 4) is 0 Å². The van der Waals surface area contributed by atoms with E-state index in [1.54, 1.807) is 0 Å². The molecule has 0 unspecified atom stereocenters. The number of nitrogens with one attached hydrogen (secondary N) is 2. The third-order valence-electron chi connectivity index (χ3n) is 2.92. The van der Waals surface area contributed by atoms with Gasteiger partial charge in [0.2, 0.25) is 0 Å². The van der Waals surface area contributed by atoms with Crippen molar-refractivity contribution < 1.29 is 5.11 Å². The lowest BCUT2D eigenvalue weighted by Crippen LogP contribution is -2.19. The van der Waals surface area contributed by atoms with Crippen LogP contribution >= 0.6 is 0 Å². The van der Waals surface area contributed by atoms with E-state index in [1.165, 1.54) is 31.2 Å². The summed E-state index contributed by atoms with van der Waals surface area (Å²) in [7, 11) is 0. The van der Waals surface area contributed by atoms with Gasteiger partial charge in [-0.25, -0.2) is 0 Å². The number of hydrogen-bond donors (Lipinski definition) is 3. The molecule has 0 aromatic heterocycles. The molecular weight excluding hydrogens is 224 g/mol. The molecule has 0 saturated carbocycles. The quantitative estimate of drug-likeness (QED) is 0.526. The second-order valence-electron chi connectivity index (χ2n) is 4.55. The van der Waals surface area contributed by atoms with Gasteiger partial charge in [0, 0.05) is 13.1 Å². The molecule has 0 atom stereocenters. The first-order valence-electron chi connectivity index (χ1n) is 6.99. The lowest BCUT2D eigenvalue weighted by atomic mass is 10.2. The molecule has 102 valence electrons. The summed E-state index contributed by atoms with van der Waals surface area (Å²) < 4.78 is 0. The third-order valence-corrected chi connectivity index (χ3v) is 2.92. The molecule has 0 heterocycles. The predicted octanol–water partition coefficient (Wildman–Crippen LogP) is 1.92. The number of unbranched alkanes of at least 4 members (excludes halogenated alkanes) is 3. The molecule has 0 aliphatic rings. The van der Waals surface area contributed by atoms with Gasteiger partial charge in [0.1, 0.15) is 0 Å². The Kier molecular flexibility index (Phi) is 9.44. The van der Waals surface area contributed by atoms with E-state index in [9.17, 15) is 0 Å². The largest absolute Gasteiger partial charge is 0.395 e. The molecule has 0 aliphatic carbocycles. The number of hydrogen-bond acceptors (Lipinski definition) is 3. The van der Waals surface area contributed by atoms with Crippen LogP contribution in [0.1, 0.15) is 31.2 Å². The molecule has 0 radical (unpaired) electrons. The van der Waals surface area contributed by atoms with Crippen LogP contribution < -0.4 is 10.6 Å². The van der Waals surface area contributed by atoms with E-state index in [0.29, 0.717) is 0 Å². The zero-order valence-electron chi connectivity index (χ0n) is 11.2. The Labute approximate surface area is 111 Å². The zero-order chi connectivity index (χ0) is 12.9. The van der Waals surface area contributed by atoms with E-state index in [0.717, 1.165) is 26.2 Å². The van der Waals surface area contributed by atoms with E-state index in [-0.39, 0.29) is 6.61 Å². The summed E-state index contributed by atoms with van der Waals surface area (Å²) in [5.41, 5.74) is 1.35. The summed E-state index contributed by atoms with van der Waals surface area (Å²) in [5, 5.41) is 15.2. The van der Waals surface area contributed by atoms with Crippen LogP contribution in [0.4, 0.5) is 0 Å². The minimum Gasteiger partial charge on any atom is -0.395 e. The Balaban J connectivity index is 1.82. The van der Waals surface area contributed by atoms with Gasteiger partial charge in [-0.15, -0.1) is 0 Å². The molecule has 1 aromatic rings. The first kappa shape index (κ1) is 15.2. The second-order valence-corrected chi connectivity index (χ2v) is 4.55. The topological polar surface area (TPSA) is 44.3 Å². The summed E-state index contributed by atoms with van der Waals surface area (Å²) in [6.45, 7) is 4.05. The van der Waals surface area contributed by atoms with E-state index in [2.05, 4.69) is 34.9 Å². The SMILES string of the molecule is OCCNCCCCCCNCc1ccccc1. The standard InChI is InChI=1S/C15H26N2O/c18-13-12-16-10-6-1-2-7-11-17-14-15-8-4-3-5-9-15/h3-5,8-9,16-18H,1-2,6-7,10-14H2. The van der Waals surface area contributed by atoms with Crippen molar-refractivity contribution in [3.63, 3.8) is 0 Å². The smallest absolute Gasteiger partial charge is 0.0555 e. The minimum atomic E-state index is 0.239. The van der Waals surface area contributed by atoms with Gasteiger partial charge in [-0.1, -0.05) is 43.2 Å². The Morgan fingerprint density at radius 1 is 0.778 bits per heavy atom. The van der Waals surface area contributed by atoms with Crippen LogP contribution in [0.2, 0.25) is 0 Å². The first-order valence-corrected chi connectivity index (χ1v) is 6.99. The number of aliphatic hydroxyl groups is 1. The molecule has 3 N–H and O–H groups in total. The average molecular weight is 250 g/mol. The Hall–Kier alpha value is -0.900. The highest BCUT2D eigenvalue weighted by Crippen LogP contribution is 2.00. The van der Waals surface area contributed by atoms with E-state index in [1.807, 2.05) is 6.07 Å². The van der Waals surface area contributed by atoms with Gasteiger partial charge in [-0.2, -0.15) is 0 Å². The average Bonchev–Trinajstić information content (AvgIpc) is 2.42. The number of aliphatic hydroxyl groups excluding tert-OH is 1. The number of rotatable bonds is 11. The normalized spacial score (nSPS) is 10.7. The maximum Gasteiger partial charge on any atom is 0.0555 e. The van der Waals surface area contributed by atoms with Gasteiger partial charge in [0.15, 0.2) is 0 Å². The molecule has 18 heavy (non-hydrogen) atoms. The van der Waals surface area contributed by atoms with Gasteiger partial charge in [-0.3, -0.25) is 0 Å². The van der Waals surface area contributed by atoms with Crippen molar-refractivity contribution in [2.75, 3.05) is 26.2 Å². The van der Waals surface area contributed by atoms with Crippen molar-refractivity contribution in [1.82, 2.24) is 10.6 Å². The highest BCUT2D eigenvalue weighted by molar-refractivity contribution is 5.14. The predicted molar refractivity (Wildman–Crippen MR) is 76.6 cm³/mol. The maximum absolute atomic E-state index is 8.59. The monoisotopic (exact) mass is 250 g/mol. The van der Waals surface area contributed by atoms with Crippen LogP contribution in [0.5, 0.6) is 0 Å². The fourth-order valence-corrected chi connectivity index (χ4v) is 1.89. The maximum atomic E-state index is 8.59. The lowest BCUT2D eigenvalue weighted by Gasteiger charge is -2.05. The summed E-state index contributed by atoms with van der Waals surface area (Å²) >= 11 is 0. The van der Waals surface area contributed by atoms with E-state index >= 15 is 0 Å². The molecule has 0 saturated heterocycles.